The van der Waals surface area contributed by atoms with Crippen molar-refractivity contribution in [3.8, 4) is 6.07 Å². The average molecular weight is 287 g/mol. The van der Waals surface area contributed by atoms with Crippen molar-refractivity contribution in [3.63, 3.8) is 0 Å². The lowest BCUT2D eigenvalue weighted by molar-refractivity contribution is -0.136. The number of aliphatic carboxylic acids is 1. The number of benzene rings is 1. The van der Waals surface area contributed by atoms with Crippen molar-refractivity contribution in [2.45, 2.75) is 19.9 Å². The summed E-state index contributed by atoms with van der Waals surface area (Å²) in [4.78, 5) is 21.9. The molecule has 110 valence electrons. The van der Waals surface area contributed by atoms with Gasteiger partial charge in [-0.2, -0.15) is 5.26 Å². The molecule has 3 N–H and O–H groups in total. The van der Waals surface area contributed by atoms with Crippen molar-refractivity contribution in [3.05, 3.63) is 47.2 Å². The molecule has 0 bridgehead atoms. The second kappa shape index (κ2) is 8.38. The fourth-order valence-electron chi connectivity index (χ4n) is 1.50. The van der Waals surface area contributed by atoms with Gasteiger partial charge in [0.1, 0.15) is 11.6 Å². The van der Waals surface area contributed by atoms with E-state index in [2.05, 4.69) is 10.6 Å². The molecule has 0 aliphatic rings. The first-order chi connectivity index (χ1) is 10.0. The molecule has 6 heteroatoms. The highest BCUT2D eigenvalue weighted by molar-refractivity contribution is 5.97. The zero-order valence-corrected chi connectivity index (χ0v) is 11.7. The quantitative estimate of drug-likeness (QED) is 0.514. The van der Waals surface area contributed by atoms with Crippen LogP contribution >= 0.6 is 0 Å². The molecule has 0 aliphatic carbocycles. The molecule has 0 heterocycles. The van der Waals surface area contributed by atoms with Gasteiger partial charge in [-0.05, 0) is 12.5 Å². The third kappa shape index (κ3) is 6.25. The molecule has 1 amide bonds. The molecule has 0 spiro atoms. The minimum atomic E-state index is -1.00. The van der Waals surface area contributed by atoms with E-state index in [4.69, 9.17) is 10.4 Å². The third-order valence-corrected chi connectivity index (χ3v) is 2.66. The van der Waals surface area contributed by atoms with Gasteiger partial charge in [0.05, 0.1) is 6.42 Å². The van der Waals surface area contributed by atoms with E-state index in [9.17, 15) is 9.59 Å². The lowest BCUT2D eigenvalue weighted by atomic mass is 10.1. The second-order valence-corrected chi connectivity index (χ2v) is 4.44. The Balaban J connectivity index is 2.47. The van der Waals surface area contributed by atoms with Crippen LogP contribution < -0.4 is 10.6 Å². The van der Waals surface area contributed by atoms with E-state index in [-0.39, 0.29) is 18.5 Å². The number of nitriles is 1. The van der Waals surface area contributed by atoms with Crippen molar-refractivity contribution < 1.29 is 14.7 Å². The van der Waals surface area contributed by atoms with E-state index in [1.807, 2.05) is 31.2 Å². The summed E-state index contributed by atoms with van der Waals surface area (Å²) in [5.41, 5.74) is 2.10. The van der Waals surface area contributed by atoms with Crippen molar-refractivity contribution >= 4 is 11.9 Å². The maximum Gasteiger partial charge on any atom is 0.305 e. The topological polar surface area (TPSA) is 102 Å². The molecule has 0 fully saturated rings. The van der Waals surface area contributed by atoms with Gasteiger partial charge in [0.2, 0.25) is 0 Å². The van der Waals surface area contributed by atoms with Crippen molar-refractivity contribution in [1.82, 2.24) is 10.6 Å². The predicted molar refractivity (Wildman–Crippen MR) is 77.0 cm³/mol. The van der Waals surface area contributed by atoms with Gasteiger partial charge in [-0.3, -0.25) is 9.59 Å². The van der Waals surface area contributed by atoms with Crippen LogP contribution in [0.15, 0.2) is 36.0 Å². The van der Waals surface area contributed by atoms with Crippen LogP contribution in [0, 0.1) is 18.3 Å². The Morgan fingerprint density at radius 3 is 2.57 bits per heavy atom. The van der Waals surface area contributed by atoms with E-state index < -0.39 is 11.9 Å². The summed E-state index contributed by atoms with van der Waals surface area (Å²) < 4.78 is 0. The smallest absolute Gasteiger partial charge is 0.305 e. The first-order valence-corrected chi connectivity index (χ1v) is 6.42. The lowest BCUT2D eigenvalue weighted by Crippen LogP contribution is -2.27. The average Bonchev–Trinajstić information content (AvgIpc) is 2.45. The first kappa shape index (κ1) is 16.2. The Morgan fingerprint density at radius 1 is 1.33 bits per heavy atom. The monoisotopic (exact) mass is 287 g/mol. The van der Waals surface area contributed by atoms with Crippen LogP contribution in [0.2, 0.25) is 0 Å². The molecule has 21 heavy (non-hydrogen) atoms. The molecule has 1 aromatic rings. The fraction of sp³-hybridized carbons (Fsp3) is 0.267. The summed E-state index contributed by atoms with van der Waals surface area (Å²) in [6.45, 7) is 2.48. The van der Waals surface area contributed by atoms with Crippen LogP contribution in [-0.4, -0.2) is 23.5 Å². The molecule has 0 aliphatic heterocycles. The standard InChI is InChI=1S/C15H17N3O3/c1-11-2-4-12(5-3-11)9-17-10-13(8-16)15(21)18-7-6-14(19)20/h2-5,10,17H,6-7,9H2,1H3,(H,18,21)(H,19,20)/b13-10-. The molecule has 0 unspecified atom stereocenters. The molecule has 0 saturated carbocycles. The summed E-state index contributed by atoms with van der Waals surface area (Å²) in [6, 6.07) is 9.63. The molecular weight excluding hydrogens is 270 g/mol. The number of nitrogens with one attached hydrogen (secondary N) is 2. The van der Waals surface area contributed by atoms with Crippen molar-refractivity contribution in [1.29, 1.82) is 5.26 Å². The van der Waals surface area contributed by atoms with Gasteiger partial charge < -0.3 is 15.7 Å². The molecule has 0 atom stereocenters. The molecule has 0 radical (unpaired) electrons. The number of aryl methyl sites for hydroxylation is 1. The second-order valence-electron chi connectivity index (χ2n) is 4.44. The highest BCUT2D eigenvalue weighted by Crippen LogP contribution is 2.02. The number of carboxylic acid groups (broad SMARTS) is 1. The van der Waals surface area contributed by atoms with Crippen LogP contribution in [0.3, 0.4) is 0 Å². The third-order valence-electron chi connectivity index (χ3n) is 2.66. The number of hydrogen-bond acceptors (Lipinski definition) is 4. The Labute approximate surface area is 123 Å². The number of carboxylic acids is 1. The van der Waals surface area contributed by atoms with Crippen molar-refractivity contribution in [2.24, 2.45) is 0 Å². The summed E-state index contributed by atoms with van der Waals surface area (Å²) in [5.74, 6) is -1.59. The van der Waals surface area contributed by atoms with E-state index in [0.717, 1.165) is 11.1 Å². The molecule has 0 aromatic heterocycles. The maximum atomic E-state index is 11.6. The normalized spacial score (nSPS) is 10.6. The Bertz CT molecular complexity index is 571. The van der Waals surface area contributed by atoms with Gasteiger partial charge in [-0.25, -0.2) is 0 Å². The minimum Gasteiger partial charge on any atom is -0.481 e. The predicted octanol–water partition coefficient (Wildman–Crippen LogP) is 1.08. The highest BCUT2D eigenvalue weighted by Gasteiger charge is 2.08. The fourth-order valence-corrected chi connectivity index (χ4v) is 1.50. The number of amides is 1. The SMILES string of the molecule is Cc1ccc(CN/C=C(/C#N)C(=O)NCCC(=O)O)cc1. The molecule has 1 rings (SSSR count). The first-order valence-electron chi connectivity index (χ1n) is 6.42. The van der Waals surface area contributed by atoms with Gasteiger partial charge in [0, 0.05) is 19.3 Å². The minimum absolute atomic E-state index is 0.00878. The van der Waals surface area contributed by atoms with Gasteiger partial charge in [-0.15, -0.1) is 0 Å². The zero-order chi connectivity index (χ0) is 15.7. The van der Waals surface area contributed by atoms with Gasteiger partial charge in [0.25, 0.3) is 5.91 Å². The van der Waals surface area contributed by atoms with Crippen LogP contribution in [0.5, 0.6) is 0 Å². The Kier molecular flexibility index (Phi) is 6.48. The molecule has 0 saturated heterocycles. The summed E-state index contributed by atoms with van der Waals surface area (Å²) >= 11 is 0. The van der Waals surface area contributed by atoms with Crippen LogP contribution in [0.4, 0.5) is 0 Å². The van der Waals surface area contributed by atoms with E-state index in [0.29, 0.717) is 6.54 Å². The van der Waals surface area contributed by atoms with E-state index in [1.165, 1.54) is 6.20 Å². The summed E-state index contributed by atoms with van der Waals surface area (Å²) in [7, 11) is 0. The number of hydrogen-bond donors (Lipinski definition) is 3. The molecule has 1 aromatic carbocycles. The summed E-state index contributed by atoms with van der Waals surface area (Å²) in [5, 5.41) is 22.6. The van der Waals surface area contributed by atoms with Crippen LogP contribution in [-0.2, 0) is 16.1 Å². The molecule has 6 nitrogen and oxygen atoms in total. The largest absolute Gasteiger partial charge is 0.481 e. The number of nitrogens with zero attached hydrogens (tertiary/aromatic N) is 1. The van der Waals surface area contributed by atoms with Gasteiger partial charge in [0.15, 0.2) is 0 Å². The number of carbonyl (C=O) groups excluding carboxylic acids is 1. The maximum absolute atomic E-state index is 11.6. The van der Waals surface area contributed by atoms with E-state index >= 15 is 0 Å². The lowest BCUT2D eigenvalue weighted by Gasteiger charge is -2.04. The number of carbonyl (C=O) groups is 2. The Morgan fingerprint density at radius 2 is 2.00 bits per heavy atom. The van der Waals surface area contributed by atoms with E-state index in [1.54, 1.807) is 6.07 Å². The van der Waals surface area contributed by atoms with Crippen LogP contribution in [0.1, 0.15) is 17.5 Å². The summed E-state index contributed by atoms with van der Waals surface area (Å²) in [6.07, 6.45) is 1.15. The van der Waals surface area contributed by atoms with Crippen LogP contribution in [0.25, 0.3) is 0 Å². The highest BCUT2D eigenvalue weighted by atomic mass is 16.4. The van der Waals surface area contributed by atoms with Gasteiger partial charge in [-0.1, -0.05) is 29.8 Å². The number of rotatable bonds is 7. The van der Waals surface area contributed by atoms with Gasteiger partial charge >= 0.3 is 5.97 Å². The zero-order valence-electron chi connectivity index (χ0n) is 11.7. The van der Waals surface area contributed by atoms with Crippen molar-refractivity contribution in [2.75, 3.05) is 6.54 Å². The molecular formula is C15H17N3O3. The Hall–Kier alpha value is -2.81.